The minimum absolute atomic E-state index is 0.426. The monoisotopic (exact) mass is 283 g/mol. The molecule has 0 aromatic heterocycles. The lowest BCUT2D eigenvalue weighted by molar-refractivity contribution is -0.0314. The number of benzene rings is 1. The number of aryl methyl sites for hydroxylation is 1. The number of hydrogen-bond donors (Lipinski definition) is 2. The second-order valence-corrected chi connectivity index (χ2v) is 5.62. The number of halogens is 1. The minimum Gasteiger partial charge on any atom is -0.389 e. The van der Waals surface area contributed by atoms with E-state index >= 15 is 0 Å². The maximum atomic E-state index is 9.92. The Morgan fingerprint density at radius 2 is 2.19 bits per heavy atom. The third-order valence-corrected chi connectivity index (χ3v) is 4.18. The van der Waals surface area contributed by atoms with Crippen LogP contribution < -0.4 is 5.32 Å². The van der Waals surface area contributed by atoms with Gasteiger partial charge in [-0.1, -0.05) is 28.1 Å². The molecule has 1 aromatic rings. The molecular weight excluding hydrogens is 266 g/mol. The second kappa shape index (κ2) is 4.86. The Hall–Kier alpha value is -0.380. The third-order valence-electron chi connectivity index (χ3n) is 3.29. The van der Waals surface area contributed by atoms with Gasteiger partial charge in [0.1, 0.15) is 0 Å². The molecule has 0 amide bonds. The van der Waals surface area contributed by atoms with Gasteiger partial charge in [0.05, 0.1) is 5.60 Å². The molecule has 2 nitrogen and oxygen atoms in total. The first-order valence-corrected chi connectivity index (χ1v) is 6.56. The molecule has 2 N–H and O–H groups in total. The van der Waals surface area contributed by atoms with Crippen molar-refractivity contribution in [3.8, 4) is 0 Å². The average molecular weight is 284 g/mol. The van der Waals surface area contributed by atoms with Crippen molar-refractivity contribution in [1.29, 1.82) is 0 Å². The van der Waals surface area contributed by atoms with Crippen LogP contribution in [0.15, 0.2) is 22.7 Å². The molecule has 0 saturated heterocycles. The SMILES string of the molecule is Cc1cc(CNCC2(O)CCC2)ccc1Br. The summed E-state index contributed by atoms with van der Waals surface area (Å²) in [6.45, 7) is 3.63. The van der Waals surface area contributed by atoms with Crippen molar-refractivity contribution in [2.45, 2.75) is 38.3 Å². The lowest BCUT2D eigenvalue weighted by Crippen LogP contribution is -2.45. The van der Waals surface area contributed by atoms with Gasteiger partial charge < -0.3 is 10.4 Å². The topological polar surface area (TPSA) is 32.3 Å². The predicted molar refractivity (Wildman–Crippen MR) is 69.4 cm³/mol. The molecular formula is C13H18BrNO. The maximum Gasteiger partial charge on any atom is 0.0771 e. The average Bonchev–Trinajstić information content (AvgIpc) is 2.21. The summed E-state index contributed by atoms with van der Waals surface area (Å²) >= 11 is 3.49. The highest BCUT2D eigenvalue weighted by Gasteiger charge is 2.33. The molecule has 1 fully saturated rings. The molecule has 0 radical (unpaired) electrons. The van der Waals surface area contributed by atoms with Crippen LogP contribution in [-0.2, 0) is 6.54 Å². The number of hydrogen-bond acceptors (Lipinski definition) is 2. The fourth-order valence-electron chi connectivity index (χ4n) is 2.02. The Labute approximate surface area is 105 Å². The van der Waals surface area contributed by atoms with Crippen LogP contribution >= 0.6 is 15.9 Å². The van der Waals surface area contributed by atoms with Gasteiger partial charge in [0, 0.05) is 17.6 Å². The van der Waals surface area contributed by atoms with Crippen molar-refractivity contribution in [1.82, 2.24) is 5.32 Å². The third kappa shape index (κ3) is 2.84. The van der Waals surface area contributed by atoms with Crippen LogP contribution in [0.1, 0.15) is 30.4 Å². The summed E-state index contributed by atoms with van der Waals surface area (Å²) in [6.07, 6.45) is 3.05. The molecule has 1 aromatic carbocycles. The highest BCUT2D eigenvalue weighted by Crippen LogP contribution is 2.30. The molecule has 1 aliphatic rings. The molecule has 88 valence electrons. The lowest BCUT2D eigenvalue weighted by atomic mass is 9.80. The van der Waals surface area contributed by atoms with Crippen molar-refractivity contribution in [2.75, 3.05) is 6.54 Å². The van der Waals surface area contributed by atoms with Gasteiger partial charge in [-0.25, -0.2) is 0 Å². The number of aliphatic hydroxyl groups is 1. The fourth-order valence-corrected chi connectivity index (χ4v) is 2.26. The van der Waals surface area contributed by atoms with Crippen LogP contribution in [0, 0.1) is 6.92 Å². The van der Waals surface area contributed by atoms with Gasteiger partial charge in [-0.15, -0.1) is 0 Å². The Morgan fingerprint density at radius 3 is 2.75 bits per heavy atom. The quantitative estimate of drug-likeness (QED) is 0.891. The van der Waals surface area contributed by atoms with E-state index < -0.39 is 5.60 Å². The van der Waals surface area contributed by atoms with E-state index in [0.29, 0.717) is 6.54 Å². The van der Waals surface area contributed by atoms with Gasteiger partial charge in [-0.05, 0) is 43.4 Å². The Balaban J connectivity index is 1.83. The van der Waals surface area contributed by atoms with Crippen LogP contribution in [0.4, 0.5) is 0 Å². The standard InChI is InChI=1S/C13H18BrNO/c1-10-7-11(3-4-12(10)14)8-15-9-13(16)5-2-6-13/h3-4,7,15-16H,2,5-6,8-9H2,1H3. The fraction of sp³-hybridized carbons (Fsp3) is 0.538. The van der Waals surface area contributed by atoms with Crippen molar-refractivity contribution in [3.63, 3.8) is 0 Å². The minimum atomic E-state index is -0.426. The van der Waals surface area contributed by atoms with Gasteiger partial charge in [-0.2, -0.15) is 0 Å². The zero-order valence-electron chi connectivity index (χ0n) is 9.59. The second-order valence-electron chi connectivity index (χ2n) is 4.76. The summed E-state index contributed by atoms with van der Waals surface area (Å²) in [5, 5.41) is 13.2. The summed E-state index contributed by atoms with van der Waals surface area (Å²) in [6, 6.07) is 6.35. The molecule has 0 unspecified atom stereocenters. The number of nitrogens with one attached hydrogen (secondary N) is 1. The van der Waals surface area contributed by atoms with E-state index in [2.05, 4.69) is 46.4 Å². The predicted octanol–water partition coefficient (Wildman–Crippen LogP) is 2.76. The van der Waals surface area contributed by atoms with E-state index in [4.69, 9.17) is 0 Å². The van der Waals surface area contributed by atoms with Crippen molar-refractivity contribution in [3.05, 3.63) is 33.8 Å². The molecule has 16 heavy (non-hydrogen) atoms. The normalized spacial score (nSPS) is 18.2. The van der Waals surface area contributed by atoms with E-state index in [1.54, 1.807) is 0 Å². The van der Waals surface area contributed by atoms with E-state index in [0.717, 1.165) is 30.3 Å². The van der Waals surface area contributed by atoms with E-state index in [1.165, 1.54) is 11.1 Å². The van der Waals surface area contributed by atoms with Crippen molar-refractivity contribution >= 4 is 15.9 Å². The van der Waals surface area contributed by atoms with E-state index in [1.807, 2.05) is 0 Å². The Bertz CT molecular complexity index is 374. The molecule has 1 saturated carbocycles. The maximum absolute atomic E-state index is 9.92. The smallest absolute Gasteiger partial charge is 0.0771 e. The lowest BCUT2D eigenvalue weighted by Gasteiger charge is -2.36. The van der Waals surface area contributed by atoms with Crippen molar-refractivity contribution in [2.24, 2.45) is 0 Å². The van der Waals surface area contributed by atoms with E-state index in [9.17, 15) is 5.11 Å². The zero-order valence-corrected chi connectivity index (χ0v) is 11.2. The molecule has 0 atom stereocenters. The van der Waals surface area contributed by atoms with Gasteiger partial charge in [-0.3, -0.25) is 0 Å². The summed E-state index contributed by atoms with van der Waals surface area (Å²) in [4.78, 5) is 0. The molecule has 0 bridgehead atoms. The summed E-state index contributed by atoms with van der Waals surface area (Å²) in [7, 11) is 0. The zero-order chi connectivity index (χ0) is 11.6. The largest absolute Gasteiger partial charge is 0.389 e. The van der Waals surface area contributed by atoms with Crippen LogP contribution in [0.2, 0.25) is 0 Å². The molecule has 1 aliphatic carbocycles. The van der Waals surface area contributed by atoms with Gasteiger partial charge in [0.2, 0.25) is 0 Å². The first-order chi connectivity index (χ1) is 7.59. The van der Waals surface area contributed by atoms with E-state index in [-0.39, 0.29) is 0 Å². The van der Waals surface area contributed by atoms with Crippen LogP contribution in [0.3, 0.4) is 0 Å². The summed E-state index contributed by atoms with van der Waals surface area (Å²) < 4.78 is 1.15. The summed E-state index contributed by atoms with van der Waals surface area (Å²) in [5.74, 6) is 0. The van der Waals surface area contributed by atoms with Gasteiger partial charge in [0.25, 0.3) is 0 Å². The molecule has 0 spiro atoms. The van der Waals surface area contributed by atoms with Crippen molar-refractivity contribution < 1.29 is 5.11 Å². The first-order valence-electron chi connectivity index (χ1n) is 5.77. The highest BCUT2D eigenvalue weighted by molar-refractivity contribution is 9.10. The van der Waals surface area contributed by atoms with Crippen LogP contribution in [-0.4, -0.2) is 17.3 Å². The van der Waals surface area contributed by atoms with Crippen LogP contribution in [0.5, 0.6) is 0 Å². The molecule has 0 aliphatic heterocycles. The Kier molecular flexibility index (Phi) is 3.67. The highest BCUT2D eigenvalue weighted by atomic mass is 79.9. The van der Waals surface area contributed by atoms with Gasteiger partial charge >= 0.3 is 0 Å². The molecule has 0 heterocycles. The Morgan fingerprint density at radius 1 is 1.44 bits per heavy atom. The van der Waals surface area contributed by atoms with Gasteiger partial charge in [0.15, 0.2) is 0 Å². The molecule has 2 rings (SSSR count). The molecule has 3 heteroatoms. The first kappa shape index (κ1) is 12.1. The van der Waals surface area contributed by atoms with Crippen LogP contribution in [0.25, 0.3) is 0 Å². The summed E-state index contributed by atoms with van der Waals surface area (Å²) in [5.41, 5.74) is 2.09. The number of rotatable bonds is 4.